The summed E-state index contributed by atoms with van der Waals surface area (Å²) in [6.07, 6.45) is 1.64. The van der Waals surface area contributed by atoms with Gasteiger partial charge in [0.25, 0.3) is 5.91 Å². The molecule has 0 unspecified atom stereocenters. The number of rotatable bonds is 1. The number of halogens is 2. The molecule has 1 aliphatic heterocycles. The molecule has 1 aliphatic rings. The number of nitrogens with one attached hydrogen (secondary N) is 2. The lowest BCUT2D eigenvalue weighted by molar-refractivity contribution is -0.115. The molecule has 1 aromatic carbocycles. The average molecular weight is 378 g/mol. The van der Waals surface area contributed by atoms with Crippen LogP contribution in [-0.4, -0.2) is 16.1 Å². The molecule has 0 aliphatic carbocycles. The molecule has 0 atom stereocenters. The summed E-state index contributed by atoms with van der Waals surface area (Å²) in [4.78, 5) is 11.4. The van der Waals surface area contributed by atoms with Crippen LogP contribution in [0.15, 0.2) is 26.8 Å². The SMILES string of the molecule is O=C1NC(=S)N/C1=C\c1cc(Br)c(O)c(Br)c1. The zero-order chi connectivity index (χ0) is 12.6. The molecule has 2 rings (SSSR count). The summed E-state index contributed by atoms with van der Waals surface area (Å²) in [6.45, 7) is 0. The fraction of sp³-hybridized carbons (Fsp3) is 0. The van der Waals surface area contributed by atoms with Gasteiger partial charge in [-0.15, -0.1) is 0 Å². The first-order valence-corrected chi connectivity index (χ1v) is 6.49. The molecule has 3 N–H and O–H groups in total. The van der Waals surface area contributed by atoms with Gasteiger partial charge in [-0.3, -0.25) is 10.1 Å². The van der Waals surface area contributed by atoms with Crippen molar-refractivity contribution >= 4 is 61.2 Å². The van der Waals surface area contributed by atoms with Crippen molar-refractivity contribution < 1.29 is 9.90 Å². The Morgan fingerprint density at radius 1 is 1.24 bits per heavy atom. The maximum absolute atomic E-state index is 11.4. The minimum absolute atomic E-state index is 0.117. The summed E-state index contributed by atoms with van der Waals surface area (Å²) in [5.74, 6) is -0.151. The third kappa shape index (κ3) is 2.67. The van der Waals surface area contributed by atoms with Crippen molar-refractivity contribution in [2.75, 3.05) is 0 Å². The summed E-state index contributed by atoms with van der Waals surface area (Å²) >= 11 is 11.3. The van der Waals surface area contributed by atoms with Crippen molar-refractivity contribution in [1.82, 2.24) is 10.6 Å². The van der Waals surface area contributed by atoms with Crippen LogP contribution in [-0.2, 0) is 4.79 Å². The van der Waals surface area contributed by atoms with Gasteiger partial charge in [0.1, 0.15) is 11.4 Å². The number of hydrogen-bond donors (Lipinski definition) is 3. The first kappa shape index (κ1) is 12.5. The van der Waals surface area contributed by atoms with Gasteiger partial charge in [-0.05, 0) is 67.8 Å². The van der Waals surface area contributed by atoms with E-state index in [1.807, 2.05) is 0 Å². The maximum atomic E-state index is 11.4. The van der Waals surface area contributed by atoms with Crippen LogP contribution in [0.2, 0.25) is 0 Å². The predicted octanol–water partition coefficient (Wildman–Crippen LogP) is 2.26. The molecule has 7 heteroatoms. The number of phenolic OH excluding ortho intramolecular Hbond substituents is 1. The van der Waals surface area contributed by atoms with E-state index in [1.165, 1.54) is 0 Å². The number of phenols is 1. The molecular formula is C10H6Br2N2O2S. The van der Waals surface area contributed by atoms with Gasteiger partial charge in [-0.2, -0.15) is 0 Å². The second-order valence-electron chi connectivity index (χ2n) is 3.30. The number of carbonyl (C=O) groups is 1. The number of benzene rings is 1. The summed E-state index contributed by atoms with van der Waals surface area (Å²) in [7, 11) is 0. The fourth-order valence-electron chi connectivity index (χ4n) is 1.32. The lowest BCUT2D eigenvalue weighted by Gasteiger charge is -2.03. The highest BCUT2D eigenvalue weighted by Gasteiger charge is 2.20. The van der Waals surface area contributed by atoms with Gasteiger partial charge in [0.05, 0.1) is 8.95 Å². The van der Waals surface area contributed by atoms with Crippen LogP contribution in [0.5, 0.6) is 5.75 Å². The molecule has 17 heavy (non-hydrogen) atoms. The van der Waals surface area contributed by atoms with Gasteiger partial charge in [0.2, 0.25) is 0 Å². The standard InChI is InChI=1S/C10H6Br2N2O2S/c11-5-1-4(2-6(12)8(5)15)3-7-9(16)14-10(17)13-7/h1-3,15H,(H2,13,14,16,17)/b7-3-. The highest BCUT2D eigenvalue weighted by molar-refractivity contribution is 9.11. The van der Waals surface area contributed by atoms with Crippen molar-refractivity contribution in [3.8, 4) is 5.75 Å². The average Bonchev–Trinajstić information content (AvgIpc) is 2.54. The predicted molar refractivity (Wildman–Crippen MR) is 75.4 cm³/mol. The van der Waals surface area contributed by atoms with Crippen molar-refractivity contribution in [3.63, 3.8) is 0 Å². The third-order valence-corrected chi connectivity index (χ3v) is 3.48. The first-order valence-electron chi connectivity index (χ1n) is 4.49. The van der Waals surface area contributed by atoms with Crippen LogP contribution >= 0.6 is 44.1 Å². The van der Waals surface area contributed by atoms with Gasteiger partial charge < -0.3 is 10.4 Å². The van der Waals surface area contributed by atoms with Gasteiger partial charge in [-0.25, -0.2) is 0 Å². The van der Waals surface area contributed by atoms with E-state index in [-0.39, 0.29) is 16.8 Å². The van der Waals surface area contributed by atoms with Crippen LogP contribution in [0.25, 0.3) is 6.08 Å². The summed E-state index contributed by atoms with van der Waals surface area (Å²) in [5, 5.41) is 15.1. The van der Waals surface area contributed by atoms with Crippen LogP contribution in [0, 0.1) is 0 Å². The Hall–Kier alpha value is -0.920. The molecule has 0 bridgehead atoms. The monoisotopic (exact) mass is 376 g/mol. The maximum Gasteiger partial charge on any atom is 0.273 e. The highest BCUT2D eigenvalue weighted by Crippen LogP contribution is 2.33. The smallest absolute Gasteiger partial charge is 0.273 e. The molecular weight excluding hydrogens is 372 g/mol. The molecule has 4 nitrogen and oxygen atoms in total. The fourth-order valence-corrected chi connectivity index (χ4v) is 2.74. The zero-order valence-corrected chi connectivity index (χ0v) is 12.2. The van der Waals surface area contributed by atoms with E-state index in [0.717, 1.165) is 5.56 Å². The molecule has 1 heterocycles. The number of aromatic hydroxyl groups is 1. The van der Waals surface area contributed by atoms with Crippen molar-refractivity contribution in [2.45, 2.75) is 0 Å². The van der Waals surface area contributed by atoms with Crippen LogP contribution in [0.3, 0.4) is 0 Å². The van der Waals surface area contributed by atoms with E-state index in [2.05, 4.69) is 42.5 Å². The number of thiocarbonyl (C=S) groups is 1. The molecule has 88 valence electrons. The Morgan fingerprint density at radius 2 is 1.82 bits per heavy atom. The molecule has 0 aromatic heterocycles. The first-order chi connectivity index (χ1) is 7.97. The van der Waals surface area contributed by atoms with Gasteiger partial charge in [-0.1, -0.05) is 0 Å². The lowest BCUT2D eigenvalue weighted by atomic mass is 10.2. The summed E-state index contributed by atoms with van der Waals surface area (Å²) < 4.78 is 1.08. The van der Waals surface area contributed by atoms with Crippen molar-refractivity contribution in [2.24, 2.45) is 0 Å². The third-order valence-electron chi connectivity index (χ3n) is 2.07. The van der Waals surface area contributed by atoms with E-state index in [9.17, 15) is 9.90 Å². The van der Waals surface area contributed by atoms with Crippen molar-refractivity contribution in [1.29, 1.82) is 0 Å². The van der Waals surface area contributed by atoms with E-state index in [4.69, 9.17) is 12.2 Å². The Bertz CT molecular complexity index is 534. The summed E-state index contributed by atoms with van der Waals surface area (Å²) in [5.41, 5.74) is 1.13. The summed E-state index contributed by atoms with van der Waals surface area (Å²) in [6, 6.07) is 3.40. The lowest BCUT2D eigenvalue weighted by Crippen LogP contribution is -2.21. The molecule has 1 amide bonds. The molecule has 0 spiro atoms. The molecule has 0 radical (unpaired) electrons. The number of hydrogen-bond acceptors (Lipinski definition) is 3. The minimum Gasteiger partial charge on any atom is -0.506 e. The second-order valence-corrected chi connectivity index (χ2v) is 5.42. The molecule has 0 saturated carbocycles. The second kappa shape index (κ2) is 4.75. The van der Waals surface area contributed by atoms with Crippen LogP contribution in [0.4, 0.5) is 0 Å². The van der Waals surface area contributed by atoms with Gasteiger partial charge >= 0.3 is 0 Å². The zero-order valence-electron chi connectivity index (χ0n) is 8.25. The minimum atomic E-state index is -0.268. The van der Waals surface area contributed by atoms with Gasteiger partial charge in [0, 0.05) is 0 Å². The number of carbonyl (C=O) groups excluding carboxylic acids is 1. The topological polar surface area (TPSA) is 61.4 Å². The van der Waals surface area contributed by atoms with Gasteiger partial charge in [0.15, 0.2) is 5.11 Å². The molecule has 1 aromatic rings. The van der Waals surface area contributed by atoms with Crippen LogP contribution in [0.1, 0.15) is 5.56 Å². The number of amides is 1. The Balaban J connectivity index is 2.40. The molecule has 1 saturated heterocycles. The Morgan fingerprint density at radius 3 is 2.29 bits per heavy atom. The van der Waals surface area contributed by atoms with E-state index >= 15 is 0 Å². The Kier molecular flexibility index (Phi) is 3.50. The van der Waals surface area contributed by atoms with E-state index in [0.29, 0.717) is 14.6 Å². The normalized spacial score (nSPS) is 17.2. The van der Waals surface area contributed by atoms with Crippen molar-refractivity contribution in [3.05, 3.63) is 32.3 Å². The highest BCUT2D eigenvalue weighted by atomic mass is 79.9. The van der Waals surface area contributed by atoms with Crippen LogP contribution < -0.4 is 10.6 Å². The van der Waals surface area contributed by atoms with E-state index < -0.39 is 0 Å². The quantitative estimate of drug-likeness (QED) is 0.519. The largest absolute Gasteiger partial charge is 0.506 e. The Labute approximate surface area is 119 Å². The molecule has 1 fully saturated rings. The van der Waals surface area contributed by atoms with E-state index in [1.54, 1.807) is 18.2 Å².